The van der Waals surface area contributed by atoms with Gasteiger partial charge in [0.1, 0.15) is 0 Å². The Kier molecular flexibility index (Phi) is 16.8. The molecule has 2 nitrogen and oxygen atoms in total. The van der Waals surface area contributed by atoms with E-state index in [4.69, 9.17) is 0 Å². The van der Waals surface area contributed by atoms with Gasteiger partial charge >= 0.3 is 37.7 Å². The third-order valence-electron chi connectivity index (χ3n) is 8.33. The Balaban J connectivity index is 0. The molecule has 0 bridgehead atoms. The molecular formula is C40H58CaO2. The van der Waals surface area contributed by atoms with Crippen LogP contribution in [0.4, 0.5) is 0 Å². The average molecular weight is 611 g/mol. The van der Waals surface area contributed by atoms with Gasteiger partial charge in [0.05, 0.1) is 12.2 Å². The molecule has 0 fully saturated rings. The Morgan fingerprint density at radius 1 is 0.744 bits per heavy atom. The summed E-state index contributed by atoms with van der Waals surface area (Å²) >= 11 is 0. The molecule has 3 heteroatoms. The molecule has 0 saturated heterocycles. The average Bonchev–Trinajstić information content (AvgIpc) is 2.84. The predicted octanol–water partition coefficient (Wildman–Crippen LogP) is 10.2. The van der Waals surface area contributed by atoms with Gasteiger partial charge in [-0.2, -0.15) is 0 Å². The standard InChI is InChI=1S/C40H56O2.Ca.2H/c1-29(17-13-19-31(3)21-23-37-33(5)25-35(41)27-39(37,7)8)15-11-12-16-30(2)18-14-20-32(4)22-24-38-34(6)26-36(42)28-40(38,9)10;;;/h11-25,35-37,41-42H,26-28H2,1-10H3;;;/q;+2;2*-1/b12-11+,17-13+,18-14+,23-21+,24-22+,29-15+,30-16+,31-19+,32-20+;;;/t35-,36+,37-;;;/m0.../s1. The molecule has 0 aromatic carbocycles. The van der Waals surface area contributed by atoms with E-state index in [1.807, 2.05) is 6.08 Å². The number of hydrogen-bond donors (Lipinski definition) is 2. The largest absolute Gasteiger partial charge is 2.00 e. The van der Waals surface area contributed by atoms with E-state index >= 15 is 0 Å². The van der Waals surface area contributed by atoms with Crippen molar-refractivity contribution in [3.8, 4) is 0 Å². The maximum atomic E-state index is 10.1. The Labute approximate surface area is 296 Å². The number of rotatable bonds is 10. The van der Waals surface area contributed by atoms with Crippen molar-refractivity contribution in [1.29, 1.82) is 0 Å². The molecule has 0 aliphatic heterocycles. The normalized spacial score (nSPS) is 26.0. The van der Waals surface area contributed by atoms with Crippen LogP contribution >= 0.6 is 0 Å². The summed E-state index contributed by atoms with van der Waals surface area (Å²) in [6.45, 7) is 21.6. The second-order valence-electron chi connectivity index (χ2n) is 13.7. The Hall–Kier alpha value is -1.68. The molecule has 2 aliphatic rings. The molecular weight excluding hydrogens is 553 g/mol. The smallest absolute Gasteiger partial charge is 1.00 e. The first-order valence-electron chi connectivity index (χ1n) is 15.4. The maximum Gasteiger partial charge on any atom is 2.00 e. The molecule has 2 aliphatic carbocycles. The van der Waals surface area contributed by atoms with Gasteiger partial charge in [-0.3, -0.25) is 0 Å². The molecule has 232 valence electrons. The SMILES string of the molecule is CC1=C[C@H](O)CC(C)(C)[C@H]1/C=C/C(C)=C/C=C/C(C)=C/C=C/C=C(C)/C=C/C=C(C)/C=C/C1=C(C)C[C@@H](O)CC1(C)C.[Ca+2].[H-].[H-]. The molecule has 0 amide bonds. The van der Waals surface area contributed by atoms with E-state index < -0.39 is 0 Å². The van der Waals surface area contributed by atoms with Crippen LogP contribution in [0.2, 0.25) is 0 Å². The summed E-state index contributed by atoms with van der Waals surface area (Å²) in [6, 6.07) is 0. The van der Waals surface area contributed by atoms with E-state index in [1.165, 1.54) is 39.0 Å². The summed E-state index contributed by atoms with van der Waals surface area (Å²) in [5.41, 5.74) is 8.73. The van der Waals surface area contributed by atoms with Crippen molar-refractivity contribution in [3.63, 3.8) is 0 Å². The van der Waals surface area contributed by atoms with Gasteiger partial charge in [0.15, 0.2) is 0 Å². The van der Waals surface area contributed by atoms with Crippen LogP contribution in [0.5, 0.6) is 0 Å². The van der Waals surface area contributed by atoms with Crippen LogP contribution in [0.1, 0.15) is 91.4 Å². The first-order valence-corrected chi connectivity index (χ1v) is 15.4. The first-order chi connectivity index (χ1) is 19.6. The van der Waals surface area contributed by atoms with Crippen LogP contribution < -0.4 is 0 Å². The van der Waals surface area contributed by atoms with Crippen molar-refractivity contribution in [2.45, 2.75) is 101 Å². The Morgan fingerprint density at radius 2 is 1.23 bits per heavy atom. The van der Waals surface area contributed by atoms with E-state index in [0.29, 0.717) is 5.92 Å². The van der Waals surface area contributed by atoms with Crippen LogP contribution in [0.3, 0.4) is 0 Å². The molecule has 0 unspecified atom stereocenters. The van der Waals surface area contributed by atoms with Gasteiger partial charge in [-0.15, -0.1) is 0 Å². The Morgan fingerprint density at radius 3 is 1.74 bits per heavy atom. The molecule has 0 aromatic heterocycles. The number of aliphatic hydroxyl groups is 2. The second kappa shape index (κ2) is 18.3. The third kappa shape index (κ3) is 13.9. The van der Waals surface area contributed by atoms with E-state index in [-0.39, 0.29) is 63.6 Å². The van der Waals surface area contributed by atoms with Crippen molar-refractivity contribution < 1.29 is 13.1 Å². The summed E-state index contributed by atoms with van der Waals surface area (Å²) in [6.07, 6.45) is 33.8. The zero-order valence-corrected chi connectivity index (χ0v) is 30.8. The van der Waals surface area contributed by atoms with Gasteiger partial charge in [0.2, 0.25) is 0 Å². The summed E-state index contributed by atoms with van der Waals surface area (Å²) < 4.78 is 0. The van der Waals surface area contributed by atoms with Crippen LogP contribution in [-0.2, 0) is 0 Å². The van der Waals surface area contributed by atoms with Crippen molar-refractivity contribution in [2.24, 2.45) is 16.7 Å². The van der Waals surface area contributed by atoms with Crippen molar-refractivity contribution in [1.82, 2.24) is 0 Å². The second-order valence-corrected chi connectivity index (χ2v) is 13.7. The summed E-state index contributed by atoms with van der Waals surface area (Å²) in [7, 11) is 0. The zero-order chi connectivity index (χ0) is 31.5. The number of allylic oxidation sites excluding steroid dienone is 20. The fourth-order valence-electron chi connectivity index (χ4n) is 6.14. The van der Waals surface area contributed by atoms with Gasteiger partial charge in [0.25, 0.3) is 0 Å². The zero-order valence-electron chi connectivity index (χ0n) is 30.6. The molecule has 2 rings (SSSR count). The molecule has 43 heavy (non-hydrogen) atoms. The Bertz CT molecular complexity index is 1290. The van der Waals surface area contributed by atoms with Gasteiger partial charge in [0, 0.05) is 5.92 Å². The van der Waals surface area contributed by atoms with Crippen LogP contribution in [-0.4, -0.2) is 60.2 Å². The summed E-state index contributed by atoms with van der Waals surface area (Å²) in [4.78, 5) is 0. The van der Waals surface area contributed by atoms with Gasteiger partial charge in [-0.25, -0.2) is 0 Å². The van der Waals surface area contributed by atoms with Gasteiger partial charge in [-0.05, 0) is 77.2 Å². The molecule has 0 heterocycles. The van der Waals surface area contributed by atoms with Gasteiger partial charge in [-0.1, -0.05) is 152 Å². The summed E-state index contributed by atoms with van der Waals surface area (Å²) in [5, 5.41) is 20.2. The molecule has 2 N–H and O–H groups in total. The molecule has 0 spiro atoms. The first kappa shape index (κ1) is 39.3. The van der Waals surface area contributed by atoms with E-state index in [0.717, 1.165) is 19.3 Å². The monoisotopic (exact) mass is 610 g/mol. The minimum absolute atomic E-state index is 0. The third-order valence-corrected chi connectivity index (χ3v) is 8.33. The predicted molar refractivity (Wildman–Crippen MR) is 192 cm³/mol. The van der Waals surface area contributed by atoms with Crippen molar-refractivity contribution >= 4 is 37.7 Å². The van der Waals surface area contributed by atoms with Crippen molar-refractivity contribution in [2.75, 3.05) is 0 Å². The minimum atomic E-state index is -0.331. The van der Waals surface area contributed by atoms with Gasteiger partial charge < -0.3 is 13.1 Å². The van der Waals surface area contributed by atoms with Crippen molar-refractivity contribution in [3.05, 3.63) is 130 Å². The van der Waals surface area contributed by atoms with Crippen LogP contribution in [0.25, 0.3) is 0 Å². The fourth-order valence-corrected chi connectivity index (χ4v) is 6.14. The molecule has 0 aromatic rings. The van der Waals surface area contributed by atoms with Crippen LogP contribution in [0.15, 0.2) is 130 Å². The van der Waals surface area contributed by atoms with E-state index in [1.54, 1.807) is 0 Å². The maximum absolute atomic E-state index is 10.1. The molecule has 3 atom stereocenters. The molecule has 0 saturated carbocycles. The van der Waals surface area contributed by atoms with Crippen LogP contribution in [0, 0.1) is 16.7 Å². The topological polar surface area (TPSA) is 40.5 Å². The number of hydrogen-bond acceptors (Lipinski definition) is 2. The summed E-state index contributed by atoms with van der Waals surface area (Å²) in [5.74, 6) is 0.348. The van der Waals surface area contributed by atoms with E-state index in [2.05, 4.69) is 154 Å². The molecule has 0 radical (unpaired) electrons. The van der Waals surface area contributed by atoms with E-state index in [9.17, 15) is 10.2 Å². The fraction of sp³-hybridized carbons (Fsp3) is 0.450. The number of aliphatic hydroxyl groups excluding tert-OH is 2. The quantitative estimate of drug-likeness (QED) is 0.147. The minimum Gasteiger partial charge on any atom is -1.00 e.